The van der Waals surface area contributed by atoms with Crippen LogP contribution in [0.1, 0.15) is 44.1 Å². The summed E-state index contributed by atoms with van der Waals surface area (Å²) in [5, 5.41) is 3.55. The zero-order chi connectivity index (χ0) is 11.2. The molecule has 0 spiro atoms. The first-order valence-corrected chi connectivity index (χ1v) is 6.25. The van der Waals surface area contributed by atoms with Crippen LogP contribution < -0.4 is 10.9 Å². The maximum atomic E-state index is 11.1. The molecule has 1 saturated carbocycles. The molecule has 16 heavy (non-hydrogen) atoms. The highest BCUT2D eigenvalue weighted by molar-refractivity contribution is 5.09. The number of hydrogen-bond donors (Lipinski definition) is 2. The molecule has 0 unspecified atom stereocenters. The van der Waals surface area contributed by atoms with Gasteiger partial charge >= 0.3 is 0 Å². The van der Waals surface area contributed by atoms with Gasteiger partial charge in [-0.15, -0.1) is 0 Å². The molecule has 3 heteroatoms. The van der Waals surface area contributed by atoms with E-state index in [9.17, 15) is 4.79 Å². The summed E-state index contributed by atoms with van der Waals surface area (Å²) in [4.78, 5) is 13.7. The normalized spacial score (nSPS) is 18.2. The van der Waals surface area contributed by atoms with Crippen molar-refractivity contribution < 1.29 is 0 Å². The Balaban J connectivity index is 1.84. The van der Waals surface area contributed by atoms with E-state index in [1.54, 1.807) is 12.3 Å². The van der Waals surface area contributed by atoms with E-state index >= 15 is 0 Å². The minimum atomic E-state index is -0.0137. The molecule has 0 saturated heterocycles. The molecule has 1 heterocycles. The first kappa shape index (κ1) is 11.4. The van der Waals surface area contributed by atoms with Gasteiger partial charge in [0.2, 0.25) is 5.56 Å². The molecule has 1 aliphatic rings. The van der Waals surface area contributed by atoms with Crippen LogP contribution in [-0.4, -0.2) is 11.0 Å². The van der Waals surface area contributed by atoms with Gasteiger partial charge in [-0.05, 0) is 24.5 Å². The van der Waals surface area contributed by atoms with E-state index in [1.807, 2.05) is 6.07 Å². The summed E-state index contributed by atoms with van der Waals surface area (Å²) in [5.41, 5.74) is 1.06. The van der Waals surface area contributed by atoms with Gasteiger partial charge < -0.3 is 10.3 Å². The predicted octanol–water partition coefficient (Wildman–Crippen LogP) is 2.19. The lowest BCUT2D eigenvalue weighted by Crippen LogP contribution is -2.28. The summed E-state index contributed by atoms with van der Waals surface area (Å²) in [6, 6.07) is 4.27. The lowest BCUT2D eigenvalue weighted by Gasteiger charge is -2.15. The van der Waals surface area contributed by atoms with Gasteiger partial charge in [0.25, 0.3) is 0 Å². The number of rotatable bonds is 3. The van der Waals surface area contributed by atoms with E-state index in [0.717, 1.165) is 12.1 Å². The smallest absolute Gasteiger partial charge is 0.248 e. The molecule has 0 amide bonds. The van der Waals surface area contributed by atoms with E-state index in [2.05, 4.69) is 10.3 Å². The summed E-state index contributed by atoms with van der Waals surface area (Å²) in [6.45, 7) is 0.814. The number of hydrogen-bond acceptors (Lipinski definition) is 2. The fourth-order valence-corrected chi connectivity index (χ4v) is 2.34. The van der Waals surface area contributed by atoms with E-state index in [1.165, 1.54) is 38.5 Å². The highest BCUT2D eigenvalue weighted by atomic mass is 16.1. The Bertz CT molecular complexity index is 364. The lowest BCUT2D eigenvalue weighted by atomic mass is 10.1. The van der Waals surface area contributed by atoms with Crippen LogP contribution in [0.15, 0.2) is 23.1 Å². The van der Waals surface area contributed by atoms with Crippen LogP contribution in [0.4, 0.5) is 0 Å². The Morgan fingerprint density at radius 1 is 1.25 bits per heavy atom. The lowest BCUT2D eigenvalue weighted by molar-refractivity contribution is 0.459. The van der Waals surface area contributed by atoms with Crippen LogP contribution in [0.5, 0.6) is 0 Å². The molecule has 1 aliphatic carbocycles. The fourth-order valence-electron chi connectivity index (χ4n) is 2.34. The SMILES string of the molecule is O=c1cc(CNC2CCCCCC2)cc[nH]1. The van der Waals surface area contributed by atoms with Crippen molar-refractivity contribution >= 4 is 0 Å². The van der Waals surface area contributed by atoms with E-state index in [-0.39, 0.29) is 5.56 Å². The first-order valence-electron chi connectivity index (χ1n) is 6.25. The molecule has 1 aromatic heterocycles. The highest BCUT2D eigenvalue weighted by Gasteiger charge is 2.11. The van der Waals surface area contributed by atoms with Crippen molar-refractivity contribution in [3.05, 3.63) is 34.2 Å². The standard InChI is InChI=1S/C13H20N2O/c16-13-9-11(7-8-14-13)10-15-12-5-3-1-2-4-6-12/h7-9,12,15H,1-6,10H2,(H,14,16). The zero-order valence-electron chi connectivity index (χ0n) is 9.67. The van der Waals surface area contributed by atoms with Crippen molar-refractivity contribution in [1.29, 1.82) is 0 Å². The molecule has 0 atom stereocenters. The van der Waals surface area contributed by atoms with E-state index in [0.29, 0.717) is 6.04 Å². The van der Waals surface area contributed by atoms with Crippen molar-refractivity contribution in [2.24, 2.45) is 0 Å². The van der Waals surface area contributed by atoms with Crippen LogP contribution >= 0.6 is 0 Å². The van der Waals surface area contributed by atoms with Gasteiger partial charge in [-0.25, -0.2) is 0 Å². The van der Waals surface area contributed by atoms with Crippen molar-refractivity contribution in [1.82, 2.24) is 10.3 Å². The molecule has 1 fully saturated rings. The topological polar surface area (TPSA) is 44.9 Å². The highest BCUT2D eigenvalue weighted by Crippen LogP contribution is 2.17. The van der Waals surface area contributed by atoms with Crippen LogP contribution in [-0.2, 0) is 6.54 Å². The van der Waals surface area contributed by atoms with Gasteiger partial charge in [-0.1, -0.05) is 25.7 Å². The van der Waals surface area contributed by atoms with E-state index in [4.69, 9.17) is 0 Å². The second kappa shape index (κ2) is 5.85. The number of nitrogens with one attached hydrogen (secondary N) is 2. The minimum absolute atomic E-state index is 0.0137. The zero-order valence-corrected chi connectivity index (χ0v) is 9.67. The van der Waals surface area contributed by atoms with Crippen molar-refractivity contribution in [3.8, 4) is 0 Å². The molecular formula is C13H20N2O. The molecule has 3 nitrogen and oxygen atoms in total. The van der Waals surface area contributed by atoms with Crippen LogP contribution in [0.25, 0.3) is 0 Å². The molecule has 2 rings (SSSR count). The van der Waals surface area contributed by atoms with Crippen molar-refractivity contribution in [2.75, 3.05) is 0 Å². The molecule has 0 aliphatic heterocycles. The summed E-state index contributed by atoms with van der Waals surface area (Å²) < 4.78 is 0. The third-order valence-corrected chi connectivity index (χ3v) is 3.29. The summed E-state index contributed by atoms with van der Waals surface area (Å²) >= 11 is 0. The maximum Gasteiger partial charge on any atom is 0.248 e. The van der Waals surface area contributed by atoms with Gasteiger partial charge in [-0.2, -0.15) is 0 Å². The van der Waals surface area contributed by atoms with Gasteiger partial charge in [0, 0.05) is 24.8 Å². The quantitative estimate of drug-likeness (QED) is 0.767. The Hall–Kier alpha value is -1.09. The fraction of sp³-hybridized carbons (Fsp3) is 0.615. The van der Waals surface area contributed by atoms with Gasteiger partial charge in [0.1, 0.15) is 0 Å². The Kier molecular flexibility index (Phi) is 4.17. The molecule has 0 aromatic carbocycles. The average Bonchev–Trinajstić information content (AvgIpc) is 2.55. The van der Waals surface area contributed by atoms with Crippen LogP contribution in [0, 0.1) is 0 Å². The second-order valence-corrected chi connectivity index (χ2v) is 4.63. The molecule has 1 aromatic rings. The van der Waals surface area contributed by atoms with Crippen LogP contribution in [0.3, 0.4) is 0 Å². The Morgan fingerprint density at radius 2 is 2.00 bits per heavy atom. The summed E-state index contributed by atoms with van der Waals surface area (Å²) in [7, 11) is 0. The largest absolute Gasteiger partial charge is 0.329 e. The molecular weight excluding hydrogens is 200 g/mol. The molecule has 88 valence electrons. The van der Waals surface area contributed by atoms with Gasteiger partial charge in [-0.3, -0.25) is 4.79 Å². The van der Waals surface area contributed by atoms with Crippen LogP contribution in [0.2, 0.25) is 0 Å². The number of H-pyrrole nitrogens is 1. The van der Waals surface area contributed by atoms with Gasteiger partial charge in [0.15, 0.2) is 0 Å². The second-order valence-electron chi connectivity index (χ2n) is 4.63. The summed E-state index contributed by atoms with van der Waals surface area (Å²) in [5.74, 6) is 0. The number of aromatic nitrogens is 1. The van der Waals surface area contributed by atoms with Crippen molar-refractivity contribution in [3.63, 3.8) is 0 Å². The van der Waals surface area contributed by atoms with E-state index < -0.39 is 0 Å². The predicted molar refractivity (Wildman–Crippen MR) is 65.4 cm³/mol. The first-order chi connectivity index (χ1) is 7.84. The summed E-state index contributed by atoms with van der Waals surface area (Å²) in [6.07, 6.45) is 9.71. The number of aromatic amines is 1. The molecule has 0 radical (unpaired) electrons. The molecule has 2 N–H and O–H groups in total. The monoisotopic (exact) mass is 220 g/mol. The average molecular weight is 220 g/mol. The molecule has 0 bridgehead atoms. The third-order valence-electron chi connectivity index (χ3n) is 3.29. The van der Waals surface area contributed by atoms with Crippen molar-refractivity contribution in [2.45, 2.75) is 51.1 Å². The third kappa shape index (κ3) is 3.49. The number of pyridine rings is 1. The maximum absolute atomic E-state index is 11.1. The van der Waals surface area contributed by atoms with Gasteiger partial charge in [0.05, 0.1) is 0 Å². The minimum Gasteiger partial charge on any atom is -0.329 e. The Morgan fingerprint density at radius 3 is 2.69 bits per heavy atom. The Labute approximate surface area is 96.3 Å².